The van der Waals surface area contributed by atoms with E-state index in [1.807, 2.05) is 6.07 Å². The van der Waals surface area contributed by atoms with Crippen LogP contribution < -0.4 is 9.92 Å². The average molecular weight is 335 g/mol. The normalized spacial score (nSPS) is 27.7. The molecule has 1 aliphatic rings. The summed E-state index contributed by atoms with van der Waals surface area (Å²) in [6, 6.07) is 9.54. The minimum absolute atomic E-state index is 0.403. The highest BCUT2D eigenvalue weighted by Crippen LogP contribution is 2.37. The lowest BCUT2D eigenvalue weighted by molar-refractivity contribution is 0.0407. The highest BCUT2D eigenvalue weighted by Gasteiger charge is 2.40. The van der Waals surface area contributed by atoms with Crippen LogP contribution in [0.5, 0.6) is 5.75 Å². The van der Waals surface area contributed by atoms with E-state index in [0.29, 0.717) is 17.9 Å². The monoisotopic (exact) mass is 334 g/mol. The molecule has 3 heteroatoms. The van der Waals surface area contributed by atoms with Gasteiger partial charge in [-0.3, -0.25) is 0 Å². The number of methoxy groups -OCH3 is 1. The quantitative estimate of drug-likeness (QED) is 0.683. The van der Waals surface area contributed by atoms with Crippen LogP contribution in [0.25, 0.3) is 0 Å². The Kier molecular flexibility index (Phi) is 6.32. The van der Waals surface area contributed by atoms with E-state index in [1.165, 1.54) is 24.4 Å². The van der Waals surface area contributed by atoms with Gasteiger partial charge in [0.2, 0.25) is 8.32 Å². The minimum Gasteiger partial charge on any atom is -0.497 e. The van der Waals surface area contributed by atoms with Crippen LogP contribution >= 0.6 is 0 Å². The highest BCUT2D eigenvalue weighted by atomic mass is 28.4. The summed E-state index contributed by atoms with van der Waals surface area (Å²) in [4.78, 5) is 0. The van der Waals surface area contributed by atoms with E-state index in [-0.39, 0.29) is 0 Å². The number of para-hydroxylation sites is 1. The first-order valence-corrected chi connectivity index (χ1v) is 11.8. The third-order valence-electron chi connectivity index (χ3n) is 5.72. The second-order valence-corrected chi connectivity index (χ2v) is 11.7. The van der Waals surface area contributed by atoms with Gasteiger partial charge in [0, 0.05) is 11.3 Å². The van der Waals surface area contributed by atoms with Crippen LogP contribution in [-0.4, -0.2) is 21.5 Å². The molecule has 0 bridgehead atoms. The lowest BCUT2D eigenvalue weighted by Crippen LogP contribution is -2.52. The Hall–Kier alpha value is -0.803. The molecular weight excluding hydrogens is 300 g/mol. The number of ether oxygens (including phenoxy) is 1. The molecule has 0 radical (unpaired) electrons. The molecule has 2 rings (SSSR count). The fourth-order valence-corrected chi connectivity index (χ4v) is 6.77. The molecule has 0 aliphatic heterocycles. The Balaban J connectivity index is 2.28. The summed E-state index contributed by atoms with van der Waals surface area (Å²) in [5.41, 5.74) is 0. The van der Waals surface area contributed by atoms with Crippen LogP contribution in [0, 0.1) is 17.8 Å². The molecule has 0 N–H and O–H groups in total. The van der Waals surface area contributed by atoms with Crippen molar-refractivity contribution in [3.8, 4) is 5.75 Å². The molecule has 130 valence electrons. The summed E-state index contributed by atoms with van der Waals surface area (Å²) >= 11 is 0. The molecule has 0 aromatic heterocycles. The summed E-state index contributed by atoms with van der Waals surface area (Å²) in [5.74, 6) is 3.16. The first-order valence-electron chi connectivity index (χ1n) is 9.22. The van der Waals surface area contributed by atoms with Gasteiger partial charge in [-0.05, 0) is 49.3 Å². The molecule has 0 spiro atoms. The molecule has 1 aliphatic carbocycles. The van der Waals surface area contributed by atoms with E-state index in [2.05, 4.69) is 52.4 Å². The van der Waals surface area contributed by atoms with Gasteiger partial charge < -0.3 is 9.16 Å². The van der Waals surface area contributed by atoms with Gasteiger partial charge in [-0.15, -0.1) is 0 Å². The maximum atomic E-state index is 6.96. The molecule has 1 saturated carbocycles. The molecule has 4 atom stereocenters. The van der Waals surface area contributed by atoms with Crippen LogP contribution in [0.15, 0.2) is 24.3 Å². The molecule has 2 nitrogen and oxygen atoms in total. The van der Waals surface area contributed by atoms with E-state index in [0.717, 1.165) is 17.7 Å². The van der Waals surface area contributed by atoms with E-state index in [4.69, 9.17) is 9.16 Å². The summed E-state index contributed by atoms with van der Waals surface area (Å²) in [6.45, 7) is 11.7. The van der Waals surface area contributed by atoms with Crippen molar-refractivity contribution in [3.05, 3.63) is 24.3 Å². The molecule has 23 heavy (non-hydrogen) atoms. The minimum atomic E-state index is -1.99. The van der Waals surface area contributed by atoms with E-state index in [1.54, 1.807) is 7.11 Å². The SMILES string of the molecule is CC[Si](C)(OC1CC(C)CCC1C(C)C)c1ccccc1OC. The fourth-order valence-electron chi connectivity index (χ4n) is 4.00. The Morgan fingerprint density at radius 3 is 2.52 bits per heavy atom. The van der Waals surface area contributed by atoms with Gasteiger partial charge in [0.15, 0.2) is 0 Å². The molecule has 1 fully saturated rings. The molecule has 1 aromatic carbocycles. The molecule has 4 unspecified atom stereocenters. The van der Waals surface area contributed by atoms with Crippen LogP contribution in [0.3, 0.4) is 0 Å². The van der Waals surface area contributed by atoms with Crippen molar-refractivity contribution < 1.29 is 9.16 Å². The van der Waals surface area contributed by atoms with Crippen molar-refractivity contribution in [2.24, 2.45) is 17.8 Å². The first kappa shape index (κ1) is 18.5. The summed E-state index contributed by atoms with van der Waals surface area (Å²) < 4.78 is 12.6. The smallest absolute Gasteiger partial charge is 0.225 e. The standard InChI is InChI=1S/C20H34O2Si/c1-7-23(6,20-11-9-8-10-18(20)21-5)22-19-14-16(4)12-13-17(19)15(2)3/h8-11,15-17,19H,7,12-14H2,1-6H3. The van der Waals surface area contributed by atoms with Crippen molar-refractivity contribution in [1.29, 1.82) is 0 Å². The zero-order valence-electron chi connectivity index (χ0n) is 15.8. The highest BCUT2D eigenvalue weighted by molar-refractivity contribution is 6.86. The van der Waals surface area contributed by atoms with E-state index in [9.17, 15) is 0 Å². The van der Waals surface area contributed by atoms with E-state index < -0.39 is 8.32 Å². The Bertz CT molecular complexity index is 502. The first-order chi connectivity index (χ1) is 10.9. The van der Waals surface area contributed by atoms with Gasteiger partial charge in [0.25, 0.3) is 0 Å². The zero-order chi connectivity index (χ0) is 17.0. The van der Waals surface area contributed by atoms with Crippen molar-refractivity contribution in [2.75, 3.05) is 7.11 Å². The van der Waals surface area contributed by atoms with Crippen molar-refractivity contribution in [2.45, 2.75) is 65.7 Å². The second-order valence-electron chi connectivity index (χ2n) is 7.77. The Labute approximate surface area is 143 Å². The Morgan fingerprint density at radius 2 is 1.91 bits per heavy atom. The van der Waals surface area contributed by atoms with Gasteiger partial charge in [0.05, 0.1) is 7.11 Å². The third kappa shape index (κ3) is 4.19. The van der Waals surface area contributed by atoms with Gasteiger partial charge in [-0.25, -0.2) is 0 Å². The number of rotatable bonds is 6. The van der Waals surface area contributed by atoms with Crippen molar-refractivity contribution in [3.63, 3.8) is 0 Å². The Morgan fingerprint density at radius 1 is 1.22 bits per heavy atom. The van der Waals surface area contributed by atoms with Gasteiger partial charge >= 0.3 is 0 Å². The molecule has 0 heterocycles. The average Bonchev–Trinajstić information content (AvgIpc) is 2.54. The second kappa shape index (κ2) is 7.85. The molecule has 0 amide bonds. The molecule has 1 aromatic rings. The predicted molar refractivity (Wildman–Crippen MR) is 101 cm³/mol. The van der Waals surface area contributed by atoms with Gasteiger partial charge in [0.1, 0.15) is 5.75 Å². The maximum Gasteiger partial charge on any atom is 0.225 e. The topological polar surface area (TPSA) is 18.5 Å². The van der Waals surface area contributed by atoms with Crippen molar-refractivity contribution in [1.82, 2.24) is 0 Å². The van der Waals surface area contributed by atoms with Gasteiger partial charge in [-0.2, -0.15) is 0 Å². The maximum absolute atomic E-state index is 6.96. The van der Waals surface area contributed by atoms with Crippen LogP contribution in [0.4, 0.5) is 0 Å². The van der Waals surface area contributed by atoms with Crippen LogP contribution in [0.1, 0.15) is 47.0 Å². The lowest BCUT2D eigenvalue weighted by Gasteiger charge is -2.42. The van der Waals surface area contributed by atoms with Gasteiger partial charge in [-0.1, -0.05) is 52.3 Å². The predicted octanol–water partition coefficient (Wildman–Crippen LogP) is 4.97. The number of hydrogen-bond donors (Lipinski definition) is 0. The largest absolute Gasteiger partial charge is 0.497 e. The zero-order valence-corrected chi connectivity index (χ0v) is 16.8. The third-order valence-corrected chi connectivity index (χ3v) is 9.45. The van der Waals surface area contributed by atoms with Crippen molar-refractivity contribution >= 4 is 13.5 Å². The van der Waals surface area contributed by atoms with Crippen LogP contribution in [-0.2, 0) is 4.43 Å². The number of benzene rings is 1. The van der Waals surface area contributed by atoms with E-state index >= 15 is 0 Å². The van der Waals surface area contributed by atoms with Crippen LogP contribution in [0.2, 0.25) is 12.6 Å². The lowest BCUT2D eigenvalue weighted by atomic mass is 9.75. The summed E-state index contributed by atoms with van der Waals surface area (Å²) in [7, 11) is -0.228. The number of hydrogen-bond acceptors (Lipinski definition) is 2. The fraction of sp³-hybridized carbons (Fsp3) is 0.700. The summed E-state index contributed by atoms with van der Waals surface area (Å²) in [5, 5.41) is 1.31. The summed E-state index contributed by atoms with van der Waals surface area (Å²) in [6.07, 6.45) is 4.27. The molecule has 0 saturated heterocycles. The molecular formula is C20H34O2Si.